The Bertz CT molecular complexity index is 1300. The molecule has 2 aliphatic rings. The number of carbonyl (C=O) groups excluding carboxylic acids is 1. The minimum absolute atomic E-state index is 0.0774. The number of hydrogen-bond acceptors (Lipinski definition) is 11. The van der Waals surface area contributed by atoms with Crippen LogP contribution in [0.1, 0.15) is 6.42 Å². The van der Waals surface area contributed by atoms with Gasteiger partial charge in [-0.05, 0) is 18.6 Å². The quantitative estimate of drug-likeness (QED) is 0.452. The van der Waals surface area contributed by atoms with E-state index in [1.54, 1.807) is 7.11 Å². The number of nitrogens with one attached hydrogen (secondary N) is 1. The predicted molar refractivity (Wildman–Crippen MR) is 130 cm³/mol. The molecule has 36 heavy (non-hydrogen) atoms. The Kier molecular flexibility index (Phi) is 7.09. The van der Waals surface area contributed by atoms with Gasteiger partial charge in [-0.1, -0.05) is 0 Å². The molecule has 13 nitrogen and oxygen atoms in total. The standard InChI is InChI=1S/C23H28N8O5/c1-33-19-17(35-10-2-6-30-8-11-34-12-9-30)4-3-16-18(19)28-22(31-7-5-25-20(16)31)29-23(32)36-15-13-26-21(24)27-14-15/h3-4,13-14,25H,2,5-12H2,1H3,(H2,24,26,27). The van der Waals surface area contributed by atoms with Gasteiger partial charge in [0.1, 0.15) is 11.3 Å². The Balaban J connectivity index is 1.40. The van der Waals surface area contributed by atoms with E-state index in [0.717, 1.165) is 50.5 Å². The molecule has 1 saturated heterocycles. The Morgan fingerprint density at radius 1 is 1.22 bits per heavy atom. The lowest BCUT2D eigenvalue weighted by Crippen LogP contribution is -2.37. The van der Waals surface area contributed by atoms with Crippen LogP contribution in [0.5, 0.6) is 17.2 Å². The number of nitrogens with two attached hydrogens (primary N) is 1. The van der Waals surface area contributed by atoms with Crippen LogP contribution in [0.25, 0.3) is 10.9 Å². The SMILES string of the molecule is COc1c(OCCCN2CCOCC2)ccc2c3n(c(=NC(=O)Oc4cnc(N)nc4)nc12)CCN3. The molecular weight excluding hydrogens is 468 g/mol. The van der Waals surface area contributed by atoms with Crippen molar-refractivity contribution in [1.29, 1.82) is 0 Å². The molecule has 1 aromatic carbocycles. The van der Waals surface area contributed by atoms with Gasteiger partial charge in [-0.15, -0.1) is 4.99 Å². The van der Waals surface area contributed by atoms with Crippen molar-refractivity contribution in [1.82, 2.24) is 24.4 Å². The zero-order valence-corrected chi connectivity index (χ0v) is 20.0. The van der Waals surface area contributed by atoms with E-state index < -0.39 is 6.09 Å². The number of hydrogen-bond donors (Lipinski definition) is 2. The van der Waals surface area contributed by atoms with Crippen molar-refractivity contribution in [2.24, 2.45) is 4.99 Å². The lowest BCUT2D eigenvalue weighted by molar-refractivity contribution is 0.0357. The average Bonchev–Trinajstić information content (AvgIpc) is 3.39. The number of rotatable bonds is 7. The lowest BCUT2D eigenvalue weighted by Gasteiger charge is -2.26. The number of ether oxygens (including phenoxy) is 4. The van der Waals surface area contributed by atoms with E-state index in [1.165, 1.54) is 12.4 Å². The molecule has 0 unspecified atom stereocenters. The topological polar surface area (TPSA) is 151 Å². The van der Waals surface area contributed by atoms with Crippen molar-refractivity contribution in [3.05, 3.63) is 30.1 Å². The second kappa shape index (κ2) is 10.7. The summed E-state index contributed by atoms with van der Waals surface area (Å²) in [7, 11) is 1.57. The maximum Gasteiger partial charge on any atom is 0.442 e. The van der Waals surface area contributed by atoms with Crippen LogP contribution in [0.2, 0.25) is 0 Å². The van der Waals surface area contributed by atoms with Gasteiger partial charge >= 0.3 is 6.09 Å². The van der Waals surface area contributed by atoms with E-state index in [-0.39, 0.29) is 17.3 Å². The van der Waals surface area contributed by atoms with Gasteiger partial charge < -0.3 is 30.0 Å². The number of nitrogen functional groups attached to an aromatic ring is 1. The Morgan fingerprint density at radius 2 is 2.03 bits per heavy atom. The summed E-state index contributed by atoms with van der Waals surface area (Å²) in [5.41, 5.74) is 6.19. The Labute approximate surface area is 206 Å². The monoisotopic (exact) mass is 496 g/mol. The fourth-order valence-electron chi connectivity index (χ4n) is 4.22. The zero-order chi connectivity index (χ0) is 24.9. The highest BCUT2D eigenvalue weighted by Crippen LogP contribution is 2.37. The number of aromatic nitrogens is 4. The largest absolute Gasteiger partial charge is 0.491 e. The van der Waals surface area contributed by atoms with Gasteiger partial charge in [0.15, 0.2) is 17.2 Å². The highest BCUT2D eigenvalue weighted by Gasteiger charge is 2.21. The number of benzene rings is 1. The summed E-state index contributed by atoms with van der Waals surface area (Å²) >= 11 is 0. The minimum Gasteiger partial charge on any atom is -0.491 e. The number of nitrogens with zero attached hydrogens (tertiary/aromatic N) is 6. The number of carbonyl (C=O) groups is 1. The molecule has 3 N–H and O–H groups in total. The van der Waals surface area contributed by atoms with Crippen LogP contribution in [-0.2, 0) is 11.3 Å². The Morgan fingerprint density at radius 3 is 2.81 bits per heavy atom. The van der Waals surface area contributed by atoms with Crippen molar-refractivity contribution in [3.63, 3.8) is 0 Å². The summed E-state index contributed by atoms with van der Waals surface area (Å²) in [6.45, 7) is 6.17. The number of amides is 1. The average molecular weight is 497 g/mol. The smallest absolute Gasteiger partial charge is 0.442 e. The third-order valence-corrected chi connectivity index (χ3v) is 5.93. The van der Waals surface area contributed by atoms with Crippen molar-refractivity contribution in [2.75, 3.05) is 64.2 Å². The van der Waals surface area contributed by atoms with Crippen LogP contribution < -0.4 is 30.9 Å². The molecule has 2 aromatic heterocycles. The fraction of sp³-hybridized carbons (Fsp3) is 0.435. The molecule has 0 saturated carbocycles. The molecule has 0 spiro atoms. The molecular formula is C23H28N8O5. The molecule has 0 atom stereocenters. The van der Waals surface area contributed by atoms with Crippen LogP contribution in [0.3, 0.4) is 0 Å². The number of anilines is 2. The maximum absolute atomic E-state index is 12.5. The van der Waals surface area contributed by atoms with E-state index in [2.05, 4.69) is 30.2 Å². The van der Waals surface area contributed by atoms with Crippen LogP contribution in [0.4, 0.5) is 16.6 Å². The summed E-state index contributed by atoms with van der Waals surface area (Å²) in [6, 6.07) is 3.81. The van der Waals surface area contributed by atoms with Gasteiger partial charge in [0.05, 0.1) is 39.3 Å². The molecule has 1 fully saturated rings. The van der Waals surface area contributed by atoms with Gasteiger partial charge in [-0.3, -0.25) is 9.47 Å². The Hall–Kier alpha value is -3.97. The molecule has 4 heterocycles. The highest BCUT2D eigenvalue weighted by atomic mass is 16.5. The minimum atomic E-state index is -0.855. The molecule has 0 bridgehead atoms. The van der Waals surface area contributed by atoms with Crippen LogP contribution in [0, 0.1) is 0 Å². The van der Waals surface area contributed by atoms with Crippen LogP contribution in [-0.4, -0.2) is 83.6 Å². The van der Waals surface area contributed by atoms with E-state index >= 15 is 0 Å². The first-order valence-electron chi connectivity index (χ1n) is 11.7. The van der Waals surface area contributed by atoms with E-state index in [1.807, 2.05) is 16.7 Å². The second-order valence-electron chi connectivity index (χ2n) is 8.24. The molecule has 3 aromatic rings. The van der Waals surface area contributed by atoms with E-state index in [0.29, 0.717) is 36.7 Å². The molecule has 2 aliphatic heterocycles. The molecule has 1 amide bonds. The van der Waals surface area contributed by atoms with Crippen molar-refractivity contribution < 1.29 is 23.7 Å². The highest BCUT2D eigenvalue weighted by molar-refractivity contribution is 5.95. The van der Waals surface area contributed by atoms with Gasteiger partial charge in [0.25, 0.3) is 0 Å². The summed E-state index contributed by atoms with van der Waals surface area (Å²) < 4.78 is 24.2. The van der Waals surface area contributed by atoms with Crippen LogP contribution >= 0.6 is 0 Å². The van der Waals surface area contributed by atoms with Gasteiger partial charge in [0, 0.05) is 38.1 Å². The van der Waals surface area contributed by atoms with E-state index in [9.17, 15) is 4.79 Å². The number of methoxy groups -OCH3 is 1. The first-order valence-corrected chi connectivity index (χ1v) is 11.7. The summed E-state index contributed by atoms with van der Waals surface area (Å²) in [5.74, 6) is 2.06. The first-order chi connectivity index (χ1) is 17.6. The third-order valence-electron chi connectivity index (χ3n) is 5.93. The lowest BCUT2D eigenvalue weighted by atomic mass is 10.2. The first kappa shape index (κ1) is 23.8. The van der Waals surface area contributed by atoms with Gasteiger partial charge in [-0.25, -0.2) is 19.7 Å². The molecule has 190 valence electrons. The summed E-state index contributed by atoms with van der Waals surface area (Å²) in [4.78, 5) is 31.2. The van der Waals surface area contributed by atoms with Crippen molar-refractivity contribution in [3.8, 4) is 17.2 Å². The molecule has 13 heteroatoms. The maximum atomic E-state index is 12.5. The van der Waals surface area contributed by atoms with Crippen LogP contribution in [0.15, 0.2) is 29.5 Å². The van der Waals surface area contributed by atoms with E-state index in [4.69, 9.17) is 24.7 Å². The van der Waals surface area contributed by atoms with Crippen molar-refractivity contribution in [2.45, 2.75) is 13.0 Å². The normalized spacial score (nSPS) is 16.0. The second-order valence-corrected chi connectivity index (χ2v) is 8.24. The third kappa shape index (κ3) is 5.16. The zero-order valence-electron chi connectivity index (χ0n) is 20.0. The number of fused-ring (bicyclic) bond motifs is 3. The predicted octanol–water partition coefficient (Wildman–Crippen LogP) is 1.04. The fourth-order valence-corrected chi connectivity index (χ4v) is 4.22. The summed E-state index contributed by atoms with van der Waals surface area (Å²) in [6.07, 6.45) is 2.62. The van der Waals surface area contributed by atoms with Crippen molar-refractivity contribution >= 4 is 28.8 Å². The molecule has 0 aliphatic carbocycles. The van der Waals surface area contributed by atoms with Gasteiger partial charge in [-0.2, -0.15) is 0 Å². The molecule has 0 radical (unpaired) electrons. The summed E-state index contributed by atoms with van der Waals surface area (Å²) in [5, 5.41) is 4.17. The number of morpholine rings is 1. The van der Waals surface area contributed by atoms with Gasteiger partial charge in [0.2, 0.25) is 11.6 Å². The molecule has 5 rings (SSSR count).